The van der Waals surface area contributed by atoms with Gasteiger partial charge in [0.05, 0.1) is 12.8 Å². The Morgan fingerprint density at radius 3 is 2.54 bits per heavy atom. The number of aryl methyl sites for hydroxylation is 1. The molecule has 1 aromatic carbocycles. The summed E-state index contributed by atoms with van der Waals surface area (Å²) in [5.74, 6) is 0.916. The number of nitrogens with one attached hydrogen (secondary N) is 1. The maximum Gasteiger partial charge on any atom is 0.344 e. The van der Waals surface area contributed by atoms with Crippen LogP contribution in [-0.4, -0.2) is 59.5 Å². The monoisotopic (exact) mass is 359 g/mol. The Morgan fingerprint density at radius 2 is 1.81 bits per heavy atom. The maximum atomic E-state index is 11.6. The molecule has 0 aliphatic carbocycles. The number of hydrogen-bond acceptors (Lipinski definition) is 6. The fourth-order valence-corrected chi connectivity index (χ4v) is 3.24. The number of benzene rings is 1. The number of nitrogens with zero attached hydrogens (tertiary/aromatic N) is 4. The predicted octanol–water partition coefficient (Wildman–Crippen LogP) is 0.543. The lowest BCUT2D eigenvalue weighted by Gasteiger charge is -2.36. The summed E-state index contributed by atoms with van der Waals surface area (Å²) in [5.41, 5.74) is 0.250. The van der Waals surface area contributed by atoms with Crippen molar-refractivity contribution in [1.82, 2.24) is 19.7 Å². The van der Waals surface area contributed by atoms with Crippen molar-refractivity contribution in [2.45, 2.75) is 19.4 Å². The van der Waals surface area contributed by atoms with Crippen LogP contribution < -0.4 is 20.9 Å². The molecule has 1 fully saturated rings. The number of piperazine rings is 1. The number of ether oxygens (including phenoxy) is 1. The average molecular weight is 359 g/mol. The Morgan fingerprint density at radius 1 is 1.08 bits per heavy atom. The fourth-order valence-electron chi connectivity index (χ4n) is 3.24. The van der Waals surface area contributed by atoms with Gasteiger partial charge in [0.2, 0.25) is 0 Å². The summed E-state index contributed by atoms with van der Waals surface area (Å²) in [7, 11) is 1.71. The molecule has 140 valence electrons. The van der Waals surface area contributed by atoms with Crippen LogP contribution in [0, 0.1) is 0 Å². The highest BCUT2D eigenvalue weighted by Crippen LogP contribution is 2.28. The first kappa shape index (κ1) is 18.2. The number of unbranched alkanes of at least 4 members (excludes halogenated alkanes) is 1. The van der Waals surface area contributed by atoms with Crippen LogP contribution in [-0.2, 0) is 6.54 Å². The summed E-state index contributed by atoms with van der Waals surface area (Å²) in [6, 6.07) is 8.12. The molecule has 0 saturated carbocycles. The summed E-state index contributed by atoms with van der Waals surface area (Å²) >= 11 is 0. The van der Waals surface area contributed by atoms with Crippen molar-refractivity contribution in [3.8, 4) is 5.75 Å². The number of rotatable bonds is 7. The number of anilines is 1. The third-order valence-corrected chi connectivity index (χ3v) is 4.67. The Hall–Kier alpha value is -2.61. The molecule has 1 saturated heterocycles. The zero-order valence-corrected chi connectivity index (χ0v) is 15.1. The summed E-state index contributed by atoms with van der Waals surface area (Å²) < 4.78 is 6.76. The van der Waals surface area contributed by atoms with Gasteiger partial charge in [-0.05, 0) is 31.5 Å². The molecule has 0 bridgehead atoms. The van der Waals surface area contributed by atoms with Crippen molar-refractivity contribution < 1.29 is 4.74 Å². The number of aromatic nitrogens is 3. The van der Waals surface area contributed by atoms with Crippen LogP contribution in [0.5, 0.6) is 5.75 Å². The Balaban J connectivity index is 1.42. The van der Waals surface area contributed by atoms with Gasteiger partial charge in [-0.1, -0.05) is 12.1 Å². The zero-order valence-electron chi connectivity index (χ0n) is 15.1. The van der Waals surface area contributed by atoms with Crippen molar-refractivity contribution in [2.24, 2.45) is 0 Å². The van der Waals surface area contributed by atoms with Crippen LogP contribution in [0.3, 0.4) is 0 Å². The van der Waals surface area contributed by atoms with Crippen LogP contribution in [0.4, 0.5) is 5.69 Å². The van der Waals surface area contributed by atoms with Crippen molar-refractivity contribution >= 4 is 5.69 Å². The van der Waals surface area contributed by atoms with Crippen LogP contribution in [0.15, 0.2) is 40.1 Å². The normalized spacial score (nSPS) is 15.2. The van der Waals surface area contributed by atoms with E-state index < -0.39 is 11.2 Å². The molecule has 0 unspecified atom stereocenters. The second-order valence-electron chi connectivity index (χ2n) is 6.37. The fraction of sp³-hybridized carbons (Fsp3) is 0.500. The van der Waals surface area contributed by atoms with Gasteiger partial charge in [0.25, 0.3) is 5.56 Å². The topological polar surface area (TPSA) is 83.5 Å². The molecule has 1 aliphatic rings. The smallest absolute Gasteiger partial charge is 0.344 e. The van der Waals surface area contributed by atoms with E-state index >= 15 is 0 Å². The van der Waals surface area contributed by atoms with Crippen molar-refractivity contribution in [3.05, 3.63) is 51.3 Å². The van der Waals surface area contributed by atoms with Gasteiger partial charge in [-0.15, -0.1) is 0 Å². The van der Waals surface area contributed by atoms with E-state index in [1.807, 2.05) is 18.2 Å². The molecule has 0 atom stereocenters. The number of aromatic amines is 1. The molecule has 2 aromatic rings. The second-order valence-corrected chi connectivity index (χ2v) is 6.37. The standard InChI is InChI=1S/C18H25N5O3/c1-26-16-7-3-2-6-15(16)22-12-10-21(11-13-22)8-4-5-9-23-18(25)20-17(24)14-19-23/h2-3,6-7,14H,4-5,8-13H2,1H3,(H,20,24,25). The largest absolute Gasteiger partial charge is 0.495 e. The van der Waals surface area contributed by atoms with Gasteiger partial charge in [-0.25, -0.2) is 9.48 Å². The Bertz CT molecular complexity index is 824. The number of para-hydroxylation sites is 2. The molecule has 8 heteroatoms. The van der Waals surface area contributed by atoms with E-state index in [0.29, 0.717) is 6.54 Å². The van der Waals surface area contributed by atoms with Crippen molar-refractivity contribution in [2.75, 3.05) is 44.7 Å². The van der Waals surface area contributed by atoms with E-state index in [-0.39, 0.29) is 0 Å². The zero-order chi connectivity index (χ0) is 18.4. The first-order chi connectivity index (χ1) is 12.7. The van der Waals surface area contributed by atoms with Gasteiger partial charge in [-0.3, -0.25) is 14.7 Å². The van der Waals surface area contributed by atoms with Crippen LogP contribution in [0.25, 0.3) is 0 Å². The highest BCUT2D eigenvalue weighted by molar-refractivity contribution is 5.58. The van der Waals surface area contributed by atoms with E-state index in [2.05, 4.69) is 25.9 Å². The quantitative estimate of drug-likeness (QED) is 0.727. The minimum Gasteiger partial charge on any atom is -0.495 e. The third-order valence-electron chi connectivity index (χ3n) is 4.67. The molecule has 1 N–H and O–H groups in total. The first-order valence-corrected chi connectivity index (χ1v) is 8.94. The van der Waals surface area contributed by atoms with Gasteiger partial charge in [-0.2, -0.15) is 5.10 Å². The first-order valence-electron chi connectivity index (χ1n) is 8.94. The van der Waals surface area contributed by atoms with Gasteiger partial charge >= 0.3 is 5.69 Å². The molecular formula is C18H25N5O3. The van der Waals surface area contributed by atoms with E-state index in [0.717, 1.165) is 63.2 Å². The van der Waals surface area contributed by atoms with E-state index in [1.54, 1.807) is 7.11 Å². The average Bonchev–Trinajstić information content (AvgIpc) is 2.67. The molecule has 3 rings (SSSR count). The van der Waals surface area contributed by atoms with Gasteiger partial charge in [0, 0.05) is 32.7 Å². The molecule has 2 heterocycles. The lowest BCUT2D eigenvalue weighted by Crippen LogP contribution is -2.46. The lowest BCUT2D eigenvalue weighted by molar-refractivity contribution is 0.249. The summed E-state index contributed by atoms with van der Waals surface area (Å²) in [6.45, 7) is 5.49. The van der Waals surface area contributed by atoms with Crippen molar-refractivity contribution in [3.63, 3.8) is 0 Å². The van der Waals surface area contributed by atoms with E-state index in [1.165, 1.54) is 4.68 Å². The highest BCUT2D eigenvalue weighted by atomic mass is 16.5. The van der Waals surface area contributed by atoms with Crippen LogP contribution in [0.2, 0.25) is 0 Å². The second kappa shape index (κ2) is 8.66. The molecule has 26 heavy (non-hydrogen) atoms. The summed E-state index contributed by atoms with van der Waals surface area (Å²) in [6.07, 6.45) is 2.98. The van der Waals surface area contributed by atoms with E-state index in [9.17, 15) is 9.59 Å². The highest BCUT2D eigenvalue weighted by Gasteiger charge is 2.19. The van der Waals surface area contributed by atoms with Gasteiger partial charge in [0.15, 0.2) is 0 Å². The van der Waals surface area contributed by atoms with Crippen LogP contribution >= 0.6 is 0 Å². The lowest BCUT2D eigenvalue weighted by atomic mass is 10.2. The SMILES string of the molecule is COc1ccccc1N1CCN(CCCCn2ncc(=O)[nH]c2=O)CC1. The molecule has 0 radical (unpaired) electrons. The molecule has 8 nitrogen and oxygen atoms in total. The van der Waals surface area contributed by atoms with E-state index in [4.69, 9.17) is 4.74 Å². The van der Waals surface area contributed by atoms with Crippen LogP contribution in [0.1, 0.15) is 12.8 Å². The summed E-state index contributed by atoms with van der Waals surface area (Å²) in [5, 5.41) is 3.85. The maximum absolute atomic E-state index is 11.6. The molecule has 0 spiro atoms. The predicted molar refractivity (Wildman–Crippen MR) is 100.0 cm³/mol. The number of H-pyrrole nitrogens is 1. The van der Waals surface area contributed by atoms with Crippen molar-refractivity contribution in [1.29, 1.82) is 0 Å². The third kappa shape index (κ3) is 4.51. The molecular weight excluding hydrogens is 334 g/mol. The van der Waals surface area contributed by atoms with Gasteiger partial charge < -0.3 is 9.64 Å². The Kier molecular flexibility index (Phi) is 6.06. The minimum absolute atomic E-state index is 0.442. The molecule has 1 aromatic heterocycles. The number of methoxy groups -OCH3 is 1. The molecule has 1 aliphatic heterocycles. The molecule has 0 amide bonds. The van der Waals surface area contributed by atoms with Gasteiger partial charge in [0.1, 0.15) is 11.9 Å². The number of hydrogen-bond donors (Lipinski definition) is 1. The minimum atomic E-state index is -0.459. The Labute approximate surface area is 152 Å². The summed E-state index contributed by atoms with van der Waals surface area (Å²) in [4.78, 5) is 29.6.